The van der Waals surface area contributed by atoms with Gasteiger partial charge in [-0.15, -0.1) is 0 Å². The number of hydrogen-bond acceptors (Lipinski definition) is 3. The van der Waals surface area contributed by atoms with Crippen LogP contribution in [0.25, 0.3) is 0 Å². The van der Waals surface area contributed by atoms with Crippen molar-refractivity contribution >= 4 is 39.0 Å². The molecule has 1 heterocycles. The lowest BCUT2D eigenvalue weighted by Gasteiger charge is -2.12. The molecule has 2 aromatic rings. The molecule has 0 fully saturated rings. The third-order valence-electron chi connectivity index (χ3n) is 2.48. The monoisotopic (exact) mass is 383 g/mol. The maximum absolute atomic E-state index is 13.3. The fourth-order valence-corrected chi connectivity index (χ4v) is 2.05. The van der Waals surface area contributed by atoms with Gasteiger partial charge < -0.3 is 5.32 Å². The standard InChI is InChI=1S/C12H7BrClF4N3/c1-5-2-7(15)6(13)3-8(5)19-10-4-9(14)20-11(21-10)12(16,17)18/h2-4H,1H3,(H,19,20,21). The van der Waals surface area contributed by atoms with Gasteiger partial charge in [-0.3, -0.25) is 0 Å². The van der Waals surface area contributed by atoms with E-state index in [0.717, 1.165) is 6.07 Å². The Morgan fingerprint density at radius 1 is 1.19 bits per heavy atom. The minimum atomic E-state index is -4.71. The van der Waals surface area contributed by atoms with Crippen LogP contribution in [0.1, 0.15) is 11.4 Å². The maximum atomic E-state index is 13.3. The summed E-state index contributed by atoms with van der Waals surface area (Å²) >= 11 is 8.56. The molecule has 0 amide bonds. The molecule has 0 bridgehead atoms. The summed E-state index contributed by atoms with van der Waals surface area (Å²) in [5, 5.41) is 2.31. The van der Waals surface area contributed by atoms with Crippen molar-refractivity contribution in [3.63, 3.8) is 0 Å². The molecule has 1 aromatic carbocycles. The molecular weight excluding hydrogens is 378 g/mol. The first-order valence-electron chi connectivity index (χ1n) is 5.51. The summed E-state index contributed by atoms with van der Waals surface area (Å²) in [5.74, 6) is -1.96. The third-order valence-corrected chi connectivity index (χ3v) is 3.28. The van der Waals surface area contributed by atoms with Gasteiger partial charge in [-0.2, -0.15) is 13.2 Å². The first-order chi connectivity index (χ1) is 9.66. The van der Waals surface area contributed by atoms with Gasteiger partial charge in [-0.05, 0) is 40.5 Å². The van der Waals surface area contributed by atoms with Crippen molar-refractivity contribution in [2.45, 2.75) is 13.1 Å². The average Bonchev–Trinajstić information content (AvgIpc) is 2.34. The summed E-state index contributed by atoms with van der Waals surface area (Å²) in [7, 11) is 0. The van der Waals surface area contributed by atoms with Crippen LogP contribution in [0.3, 0.4) is 0 Å². The molecule has 9 heteroatoms. The smallest absolute Gasteiger partial charge is 0.340 e. The van der Waals surface area contributed by atoms with Crippen LogP contribution in [0.5, 0.6) is 0 Å². The van der Waals surface area contributed by atoms with Crippen LogP contribution >= 0.6 is 27.5 Å². The van der Waals surface area contributed by atoms with E-state index in [-0.39, 0.29) is 15.4 Å². The van der Waals surface area contributed by atoms with E-state index in [1.807, 2.05) is 0 Å². The second-order valence-electron chi connectivity index (χ2n) is 4.10. The highest BCUT2D eigenvalue weighted by Gasteiger charge is 2.35. The Labute approximate surface area is 130 Å². The summed E-state index contributed by atoms with van der Waals surface area (Å²) < 4.78 is 51.3. The lowest BCUT2D eigenvalue weighted by molar-refractivity contribution is -0.144. The number of aromatic nitrogens is 2. The minimum absolute atomic E-state index is 0.135. The number of halogens is 6. The van der Waals surface area contributed by atoms with Crippen molar-refractivity contribution < 1.29 is 17.6 Å². The highest BCUT2D eigenvalue weighted by atomic mass is 79.9. The molecule has 0 aliphatic heterocycles. The van der Waals surface area contributed by atoms with Crippen LogP contribution in [0.2, 0.25) is 5.15 Å². The fourth-order valence-electron chi connectivity index (χ4n) is 1.53. The Balaban J connectivity index is 2.40. The largest absolute Gasteiger partial charge is 0.451 e. The Hall–Kier alpha value is -1.41. The fraction of sp³-hybridized carbons (Fsp3) is 0.167. The van der Waals surface area contributed by atoms with Gasteiger partial charge in [-0.25, -0.2) is 14.4 Å². The normalized spacial score (nSPS) is 11.6. The second kappa shape index (κ2) is 5.76. The van der Waals surface area contributed by atoms with Gasteiger partial charge in [0.05, 0.1) is 4.47 Å². The predicted molar refractivity (Wildman–Crippen MR) is 74.2 cm³/mol. The van der Waals surface area contributed by atoms with Crippen LogP contribution in [-0.2, 0) is 6.18 Å². The van der Waals surface area contributed by atoms with Crippen LogP contribution in [0.4, 0.5) is 29.1 Å². The van der Waals surface area contributed by atoms with E-state index in [1.165, 1.54) is 12.1 Å². The van der Waals surface area contributed by atoms with E-state index in [9.17, 15) is 17.6 Å². The molecule has 0 spiro atoms. The third kappa shape index (κ3) is 3.82. The predicted octanol–water partition coefficient (Wildman–Crippen LogP) is 5.10. The van der Waals surface area contributed by atoms with Crippen molar-refractivity contribution in [2.75, 3.05) is 5.32 Å². The molecule has 0 saturated carbocycles. The SMILES string of the molecule is Cc1cc(F)c(Br)cc1Nc1cc(Cl)nc(C(F)(F)F)n1. The van der Waals surface area contributed by atoms with Crippen molar-refractivity contribution in [1.82, 2.24) is 9.97 Å². The molecule has 21 heavy (non-hydrogen) atoms. The lowest BCUT2D eigenvalue weighted by Crippen LogP contribution is -2.12. The molecule has 2 rings (SSSR count). The van der Waals surface area contributed by atoms with Gasteiger partial charge in [0.1, 0.15) is 16.8 Å². The van der Waals surface area contributed by atoms with Crippen LogP contribution in [0, 0.1) is 12.7 Å². The molecule has 3 nitrogen and oxygen atoms in total. The highest BCUT2D eigenvalue weighted by Crippen LogP contribution is 2.30. The molecule has 0 unspecified atom stereocenters. The van der Waals surface area contributed by atoms with Gasteiger partial charge in [-0.1, -0.05) is 11.6 Å². The quantitative estimate of drug-likeness (QED) is 0.578. The van der Waals surface area contributed by atoms with E-state index in [4.69, 9.17) is 11.6 Å². The van der Waals surface area contributed by atoms with Crippen molar-refractivity contribution in [2.24, 2.45) is 0 Å². The van der Waals surface area contributed by atoms with Crippen LogP contribution in [0.15, 0.2) is 22.7 Å². The number of alkyl halides is 3. The molecule has 0 aliphatic rings. The molecule has 0 aliphatic carbocycles. The number of benzene rings is 1. The number of nitrogens with one attached hydrogen (secondary N) is 1. The summed E-state index contributed by atoms with van der Waals surface area (Å²) in [6.45, 7) is 1.60. The van der Waals surface area contributed by atoms with E-state index in [2.05, 4.69) is 31.2 Å². The zero-order valence-electron chi connectivity index (χ0n) is 10.4. The molecule has 0 saturated heterocycles. The number of rotatable bonds is 2. The van der Waals surface area contributed by atoms with Gasteiger partial charge in [0.2, 0.25) is 5.82 Å². The van der Waals surface area contributed by atoms with Gasteiger partial charge in [0.15, 0.2) is 0 Å². The topological polar surface area (TPSA) is 37.8 Å². The van der Waals surface area contributed by atoms with E-state index in [1.54, 1.807) is 6.92 Å². The lowest BCUT2D eigenvalue weighted by atomic mass is 10.2. The number of anilines is 2. The van der Waals surface area contributed by atoms with E-state index < -0.39 is 17.8 Å². The molecular formula is C12H7BrClF4N3. The first kappa shape index (κ1) is 16.0. The first-order valence-corrected chi connectivity index (χ1v) is 6.68. The Bertz CT molecular complexity index is 691. The van der Waals surface area contributed by atoms with Crippen molar-refractivity contribution in [3.8, 4) is 0 Å². The molecule has 1 aromatic heterocycles. The zero-order valence-corrected chi connectivity index (χ0v) is 12.7. The summed E-state index contributed by atoms with van der Waals surface area (Å²) in [4.78, 5) is 6.47. The van der Waals surface area contributed by atoms with Gasteiger partial charge in [0.25, 0.3) is 0 Å². The minimum Gasteiger partial charge on any atom is -0.340 e. The number of hydrogen-bond donors (Lipinski definition) is 1. The molecule has 112 valence electrons. The van der Waals surface area contributed by atoms with Gasteiger partial charge >= 0.3 is 6.18 Å². The molecule has 0 atom stereocenters. The van der Waals surface area contributed by atoms with Crippen LogP contribution < -0.4 is 5.32 Å². The Kier molecular flexibility index (Phi) is 4.38. The maximum Gasteiger partial charge on any atom is 0.451 e. The zero-order chi connectivity index (χ0) is 15.8. The number of nitrogens with zero attached hydrogens (tertiary/aromatic N) is 2. The van der Waals surface area contributed by atoms with Gasteiger partial charge in [0, 0.05) is 11.8 Å². The summed E-state index contributed by atoms with van der Waals surface area (Å²) in [6.07, 6.45) is -4.71. The summed E-state index contributed by atoms with van der Waals surface area (Å²) in [5.41, 5.74) is 0.894. The Morgan fingerprint density at radius 3 is 2.48 bits per heavy atom. The molecule has 1 N–H and O–H groups in total. The Morgan fingerprint density at radius 2 is 1.86 bits per heavy atom. The van der Waals surface area contributed by atoms with Crippen molar-refractivity contribution in [1.29, 1.82) is 0 Å². The highest BCUT2D eigenvalue weighted by molar-refractivity contribution is 9.10. The van der Waals surface area contributed by atoms with E-state index >= 15 is 0 Å². The van der Waals surface area contributed by atoms with E-state index in [0.29, 0.717) is 11.3 Å². The summed E-state index contributed by atoms with van der Waals surface area (Å²) in [6, 6.07) is 3.78. The molecule has 0 radical (unpaired) electrons. The van der Waals surface area contributed by atoms with Crippen LogP contribution in [-0.4, -0.2) is 9.97 Å². The average molecular weight is 385 g/mol. The van der Waals surface area contributed by atoms with Crippen molar-refractivity contribution in [3.05, 3.63) is 45.0 Å². The number of aryl methyl sites for hydroxylation is 1. The second-order valence-corrected chi connectivity index (χ2v) is 5.35.